The second kappa shape index (κ2) is 7.31. The third kappa shape index (κ3) is 3.88. The molecule has 1 saturated heterocycles. The number of rotatable bonds is 4. The summed E-state index contributed by atoms with van der Waals surface area (Å²) in [6, 6.07) is 7.04. The van der Waals surface area contributed by atoms with Gasteiger partial charge in [0, 0.05) is 18.3 Å². The van der Waals surface area contributed by atoms with Gasteiger partial charge in [-0.2, -0.15) is 0 Å². The van der Waals surface area contributed by atoms with E-state index in [4.69, 9.17) is 4.74 Å². The number of carbonyl (C=O) groups excluding carboxylic acids is 1. The number of ether oxygens (including phenoxy) is 1. The van der Waals surface area contributed by atoms with E-state index in [1.807, 2.05) is 25.1 Å². The molecule has 1 aromatic rings. The third-order valence-corrected chi connectivity index (χ3v) is 3.99. The van der Waals surface area contributed by atoms with Crippen LogP contribution in [-0.2, 0) is 0 Å². The second-order valence-electron chi connectivity index (χ2n) is 5.39. The Balaban J connectivity index is 2.06. The minimum absolute atomic E-state index is 0.0886. The predicted octanol–water partition coefficient (Wildman–Crippen LogP) is 2.85. The van der Waals surface area contributed by atoms with Gasteiger partial charge in [-0.1, -0.05) is 13.0 Å². The summed E-state index contributed by atoms with van der Waals surface area (Å²) < 4.78 is 5.15. The fraction of sp³-hybridized carbons (Fsp3) is 0.562. The maximum atomic E-state index is 12.5. The van der Waals surface area contributed by atoms with E-state index in [9.17, 15) is 9.90 Å². The van der Waals surface area contributed by atoms with Crippen LogP contribution in [0.3, 0.4) is 0 Å². The Morgan fingerprint density at radius 1 is 1.52 bits per heavy atom. The van der Waals surface area contributed by atoms with Crippen molar-refractivity contribution in [2.75, 3.05) is 19.0 Å². The van der Waals surface area contributed by atoms with Crippen LogP contribution in [0.1, 0.15) is 32.6 Å². The fourth-order valence-corrected chi connectivity index (χ4v) is 2.78. The van der Waals surface area contributed by atoms with E-state index >= 15 is 0 Å². The summed E-state index contributed by atoms with van der Waals surface area (Å²) in [7, 11) is 1.60. The largest absolute Gasteiger partial charge is 0.497 e. The van der Waals surface area contributed by atoms with Crippen molar-refractivity contribution in [1.82, 2.24) is 4.90 Å². The molecule has 0 aromatic heterocycles. The highest BCUT2D eigenvalue weighted by Crippen LogP contribution is 2.23. The van der Waals surface area contributed by atoms with E-state index in [-0.39, 0.29) is 12.1 Å². The lowest BCUT2D eigenvalue weighted by Gasteiger charge is -2.38. The fourth-order valence-electron chi connectivity index (χ4n) is 2.78. The SMILES string of the molecule is CC[C@@H](O)[C@H]1CCCCN1C(=O)Nc1cccc(OC)c1. The molecule has 1 aliphatic heterocycles. The highest BCUT2D eigenvalue weighted by atomic mass is 16.5. The predicted molar refractivity (Wildman–Crippen MR) is 82.7 cm³/mol. The molecular weight excluding hydrogens is 268 g/mol. The molecule has 0 spiro atoms. The molecule has 1 fully saturated rings. The first kappa shape index (κ1) is 15.6. The first-order valence-corrected chi connectivity index (χ1v) is 7.55. The summed E-state index contributed by atoms with van der Waals surface area (Å²) in [5.74, 6) is 0.705. The molecular formula is C16H24N2O3. The van der Waals surface area contributed by atoms with Gasteiger partial charge in [0.1, 0.15) is 5.75 Å². The van der Waals surface area contributed by atoms with Crippen molar-refractivity contribution in [3.63, 3.8) is 0 Å². The Labute approximate surface area is 125 Å². The van der Waals surface area contributed by atoms with Crippen LogP contribution in [0.4, 0.5) is 10.5 Å². The van der Waals surface area contributed by atoms with Crippen LogP contribution in [0.2, 0.25) is 0 Å². The van der Waals surface area contributed by atoms with Crippen LogP contribution in [0.5, 0.6) is 5.75 Å². The lowest BCUT2D eigenvalue weighted by Crippen LogP contribution is -2.51. The number of urea groups is 1. The molecule has 5 nitrogen and oxygen atoms in total. The third-order valence-electron chi connectivity index (χ3n) is 3.99. The summed E-state index contributed by atoms with van der Waals surface area (Å²) in [5, 5.41) is 13.0. The number of benzene rings is 1. The van der Waals surface area contributed by atoms with E-state index in [1.54, 1.807) is 18.1 Å². The van der Waals surface area contributed by atoms with Gasteiger partial charge in [-0.15, -0.1) is 0 Å². The normalized spacial score (nSPS) is 20.0. The summed E-state index contributed by atoms with van der Waals surface area (Å²) in [4.78, 5) is 14.2. The van der Waals surface area contributed by atoms with Crippen molar-refractivity contribution in [2.45, 2.75) is 44.8 Å². The van der Waals surface area contributed by atoms with Gasteiger partial charge in [-0.05, 0) is 37.8 Å². The first-order chi connectivity index (χ1) is 10.2. The number of hydrogen-bond donors (Lipinski definition) is 2. The minimum Gasteiger partial charge on any atom is -0.497 e. The number of anilines is 1. The summed E-state index contributed by atoms with van der Waals surface area (Å²) in [5.41, 5.74) is 0.703. The quantitative estimate of drug-likeness (QED) is 0.897. The summed E-state index contributed by atoms with van der Waals surface area (Å²) >= 11 is 0. The van der Waals surface area contributed by atoms with Crippen molar-refractivity contribution in [1.29, 1.82) is 0 Å². The van der Waals surface area contributed by atoms with Gasteiger partial charge in [0.05, 0.1) is 19.3 Å². The van der Waals surface area contributed by atoms with E-state index in [0.29, 0.717) is 24.4 Å². The van der Waals surface area contributed by atoms with Crippen LogP contribution < -0.4 is 10.1 Å². The number of likely N-dealkylation sites (tertiary alicyclic amines) is 1. The van der Waals surface area contributed by atoms with Crippen LogP contribution in [0, 0.1) is 0 Å². The summed E-state index contributed by atoms with van der Waals surface area (Å²) in [6.07, 6.45) is 3.11. The molecule has 2 rings (SSSR count). The molecule has 2 atom stereocenters. The monoisotopic (exact) mass is 292 g/mol. The van der Waals surface area contributed by atoms with Crippen LogP contribution in [0.15, 0.2) is 24.3 Å². The Morgan fingerprint density at radius 2 is 2.33 bits per heavy atom. The Bertz CT molecular complexity index is 478. The van der Waals surface area contributed by atoms with Crippen molar-refractivity contribution >= 4 is 11.7 Å². The van der Waals surface area contributed by atoms with Gasteiger partial charge in [-0.3, -0.25) is 0 Å². The number of aliphatic hydroxyl groups excluding tert-OH is 1. The topological polar surface area (TPSA) is 61.8 Å². The van der Waals surface area contributed by atoms with Crippen LogP contribution in [0.25, 0.3) is 0 Å². The molecule has 0 saturated carbocycles. The molecule has 5 heteroatoms. The molecule has 0 unspecified atom stereocenters. The van der Waals surface area contributed by atoms with E-state index in [2.05, 4.69) is 5.32 Å². The molecule has 1 aromatic carbocycles. The van der Waals surface area contributed by atoms with Gasteiger partial charge in [-0.25, -0.2) is 4.79 Å². The number of aliphatic hydroxyl groups is 1. The van der Waals surface area contributed by atoms with Crippen molar-refractivity contribution in [2.24, 2.45) is 0 Å². The molecule has 116 valence electrons. The van der Waals surface area contributed by atoms with Gasteiger partial charge in [0.2, 0.25) is 0 Å². The zero-order valence-corrected chi connectivity index (χ0v) is 12.7. The molecule has 1 aliphatic rings. The smallest absolute Gasteiger partial charge is 0.322 e. The highest BCUT2D eigenvalue weighted by Gasteiger charge is 2.31. The number of amides is 2. The second-order valence-corrected chi connectivity index (χ2v) is 5.39. The van der Waals surface area contributed by atoms with Crippen LogP contribution in [-0.4, -0.2) is 41.8 Å². The number of hydrogen-bond acceptors (Lipinski definition) is 3. The number of nitrogens with one attached hydrogen (secondary N) is 1. The standard InChI is InChI=1S/C16H24N2O3/c1-3-15(19)14-9-4-5-10-18(14)16(20)17-12-7-6-8-13(11-12)21-2/h6-8,11,14-15,19H,3-5,9-10H2,1-2H3,(H,17,20)/t14-,15-/m1/s1. The van der Waals surface area contributed by atoms with E-state index < -0.39 is 6.10 Å². The Kier molecular flexibility index (Phi) is 5.44. The number of piperidine rings is 1. The number of carbonyl (C=O) groups is 1. The van der Waals surface area contributed by atoms with Gasteiger partial charge < -0.3 is 20.1 Å². The minimum atomic E-state index is -0.457. The van der Waals surface area contributed by atoms with Crippen molar-refractivity contribution in [3.8, 4) is 5.75 Å². The van der Waals surface area contributed by atoms with E-state index in [0.717, 1.165) is 19.3 Å². The number of nitrogens with zero attached hydrogens (tertiary/aromatic N) is 1. The zero-order valence-electron chi connectivity index (χ0n) is 12.7. The van der Waals surface area contributed by atoms with Gasteiger partial charge >= 0.3 is 6.03 Å². The Morgan fingerprint density at radius 3 is 3.05 bits per heavy atom. The van der Waals surface area contributed by atoms with E-state index in [1.165, 1.54) is 0 Å². The van der Waals surface area contributed by atoms with Gasteiger partial charge in [0.15, 0.2) is 0 Å². The molecule has 0 radical (unpaired) electrons. The summed E-state index contributed by atoms with van der Waals surface area (Å²) in [6.45, 7) is 2.63. The maximum absolute atomic E-state index is 12.5. The molecule has 0 bridgehead atoms. The first-order valence-electron chi connectivity index (χ1n) is 7.55. The zero-order chi connectivity index (χ0) is 15.2. The lowest BCUT2D eigenvalue weighted by molar-refractivity contribution is 0.0471. The number of methoxy groups -OCH3 is 1. The average Bonchev–Trinajstić information content (AvgIpc) is 2.54. The van der Waals surface area contributed by atoms with Gasteiger partial charge in [0.25, 0.3) is 0 Å². The molecule has 1 heterocycles. The lowest BCUT2D eigenvalue weighted by atomic mass is 9.96. The Hall–Kier alpha value is -1.75. The highest BCUT2D eigenvalue weighted by molar-refractivity contribution is 5.89. The molecule has 21 heavy (non-hydrogen) atoms. The van der Waals surface area contributed by atoms with Crippen LogP contribution >= 0.6 is 0 Å². The average molecular weight is 292 g/mol. The molecule has 2 N–H and O–H groups in total. The van der Waals surface area contributed by atoms with Crippen molar-refractivity contribution in [3.05, 3.63) is 24.3 Å². The molecule has 2 amide bonds. The molecule has 0 aliphatic carbocycles. The maximum Gasteiger partial charge on any atom is 0.322 e. The van der Waals surface area contributed by atoms with Crippen molar-refractivity contribution < 1.29 is 14.6 Å².